The van der Waals surface area contributed by atoms with Crippen LogP contribution in [0.3, 0.4) is 0 Å². The first-order valence-electron chi connectivity index (χ1n) is 39.4. The van der Waals surface area contributed by atoms with Gasteiger partial charge in [0.25, 0.3) is 6.71 Å². The summed E-state index contributed by atoms with van der Waals surface area (Å²) in [6, 6.07) is 145. The monoisotopic (exact) mass is 1460 g/mol. The van der Waals surface area contributed by atoms with Crippen LogP contribution in [-0.4, -0.2) is 15.8 Å². The first kappa shape index (κ1) is 68.0. The number of para-hydroxylation sites is 4. The molecule has 0 saturated carbocycles. The standard InChI is InChI=1S/C108H73BN6/c1-108(2,3)83-38-26-37-79(60-83)94-64-80(73-49-47-70(69-110)48-50-73)61-92(76-33-15-8-16-34-76)107(94)115-102-68-86(113-99-45-23-19-41-89(99)90-42-20-24-46-100(90)113)56-58-96(102)109-95-57-55-85(112-97-43-21-17-39-87(97)88-40-18-22-44-98(88)112)67-101(95)114(103-65-82(66-104(115)105(103)109)72-29-11-6-12-30-72)106-91(75-31-13-7-14-32-75)62-81(74-51-53-84(111-4)54-52-74)63-93(106)78-36-25-35-77(59-78)71-27-9-5-10-28-71/h5-68H,1-3H3. The highest BCUT2D eigenvalue weighted by Gasteiger charge is 2.46. The molecule has 7 heteroatoms. The molecule has 2 aliphatic rings. The van der Waals surface area contributed by atoms with Crippen LogP contribution in [0.25, 0.3) is 149 Å². The van der Waals surface area contributed by atoms with Gasteiger partial charge in [-0.15, -0.1) is 0 Å². The molecule has 2 aliphatic heterocycles. The van der Waals surface area contributed by atoms with Gasteiger partial charge in [0, 0.05) is 77.9 Å². The van der Waals surface area contributed by atoms with Crippen LogP contribution in [0.1, 0.15) is 31.9 Å². The number of anilines is 6. The van der Waals surface area contributed by atoms with E-state index in [2.05, 4.69) is 415 Å². The van der Waals surface area contributed by atoms with Gasteiger partial charge in [-0.1, -0.05) is 306 Å². The van der Waals surface area contributed by atoms with Crippen molar-refractivity contribution >= 4 is 107 Å². The van der Waals surface area contributed by atoms with E-state index in [9.17, 15) is 5.26 Å². The quantitative estimate of drug-likeness (QED) is 0.0904. The Hall–Kier alpha value is -15.0. The van der Waals surface area contributed by atoms with Gasteiger partial charge in [0.15, 0.2) is 5.69 Å². The maximum absolute atomic E-state index is 10.3. The van der Waals surface area contributed by atoms with E-state index < -0.39 is 0 Å². The second kappa shape index (κ2) is 27.5. The largest absolute Gasteiger partial charge is 0.310 e. The van der Waals surface area contributed by atoms with Crippen molar-refractivity contribution in [1.82, 2.24) is 9.13 Å². The van der Waals surface area contributed by atoms with Crippen LogP contribution >= 0.6 is 0 Å². The van der Waals surface area contributed by atoms with Crippen molar-refractivity contribution in [2.75, 3.05) is 9.80 Å². The zero-order chi connectivity index (χ0) is 77.0. The topological polar surface area (TPSA) is 44.5 Å². The highest BCUT2D eigenvalue weighted by molar-refractivity contribution is 7.00. The molecular formula is C108H73BN6. The van der Waals surface area contributed by atoms with E-state index >= 15 is 0 Å². The second-order valence-electron chi connectivity index (χ2n) is 31.3. The number of rotatable bonds is 12. The molecule has 538 valence electrons. The summed E-state index contributed by atoms with van der Waals surface area (Å²) in [6.45, 7) is 14.7. The van der Waals surface area contributed by atoms with Gasteiger partial charge in [0.05, 0.1) is 51.6 Å². The molecular weight excluding hydrogens is 1390 g/mol. The summed E-state index contributed by atoms with van der Waals surface area (Å²) >= 11 is 0. The number of nitriles is 1. The van der Waals surface area contributed by atoms with E-state index in [4.69, 9.17) is 6.57 Å². The Morgan fingerprint density at radius 3 is 1.07 bits per heavy atom. The van der Waals surface area contributed by atoms with E-state index in [1.165, 1.54) is 27.1 Å². The maximum atomic E-state index is 10.3. The van der Waals surface area contributed by atoms with Crippen molar-refractivity contribution in [2.45, 2.75) is 26.2 Å². The molecule has 0 spiro atoms. The lowest BCUT2D eigenvalue weighted by atomic mass is 9.33. The number of hydrogen-bond donors (Lipinski definition) is 0. The number of fused-ring (bicyclic) bond motifs is 10. The predicted octanol–water partition coefficient (Wildman–Crippen LogP) is 27.0. The molecule has 0 fully saturated rings. The highest BCUT2D eigenvalue weighted by atomic mass is 15.2. The molecule has 0 N–H and O–H groups in total. The van der Waals surface area contributed by atoms with Crippen LogP contribution in [0.4, 0.5) is 39.8 Å². The summed E-state index contributed by atoms with van der Waals surface area (Å²) in [7, 11) is 0. The van der Waals surface area contributed by atoms with Crippen molar-refractivity contribution in [3.8, 4) is 106 Å². The Morgan fingerprint density at radius 2 is 0.643 bits per heavy atom. The molecule has 2 aromatic heterocycles. The number of benzene rings is 17. The smallest absolute Gasteiger partial charge is 0.252 e. The molecule has 0 unspecified atom stereocenters. The SMILES string of the molecule is [C-]#[N+]c1ccc(-c2cc(-c3ccccc3)c(N3c4cc(-n5c6ccccc6c6ccccc65)ccc4B4c5ccc(-n6c7ccccc7c7ccccc76)cc5N(c5c(-c6ccccc6)cc(-c6ccc(C#N)cc6)cc5-c5cccc(C(C)(C)C)c5)c5cc(-c6ccccc6)cc3c54)c(-c3cccc(-c4ccccc4)c3)c2)cc1. The van der Waals surface area contributed by atoms with Crippen LogP contribution in [0.5, 0.6) is 0 Å². The molecule has 0 aliphatic carbocycles. The highest BCUT2D eigenvalue weighted by Crippen LogP contribution is 2.56. The normalized spacial score (nSPS) is 12.2. The van der Waals surface area contributed by atoms with Crippen molar-refractivity contribution in [1.29, 1.82) is 5.26 Å². The minimum Gasteiger partial charge on any atom is -0.310 e. The molecule has 17 aromatic carbocycles. The predicted molar refractivity (Wildman–Crippen MR) is 482 cm³/mol. The number of aromatic nitrogens is 2. The van der Waals surface area contributed by atoms with Gasteiger partial charge in [-0.25, -0.2) is 4.85 Å². The summed E-state index contributed by atoms with van der Waals surface area (Å²) in [5, 5.41) is 15.0. The second-order valence-corrected chi connectivity index (χ2v) is 31.3. The third kappa shape index (κ3) is 11.5. The van der Waals surface area contributed by atoms with Gasteiger partial charge in [0.1, 0.15) is 0 Å². The van der Waals surface area contributed by atoms with Crippen LogP contribution in [0, 0.1) is 17.9 Å². The van der Waals surface area contributed by atoms with E-state index in [1.807, 2.05) is 24.3 Å². The Labute approximate surface area is 669 Å². The van der Waals surface area contributed by atoms with Crippen molar-refractivity contribution in [2.24, 2.45) is 0 Å². The Bertz CT molecular complexity index is 7100. The molecule has 21 rings (SSSR count). The van der Waals surface area contributed by atoms with Gasteiger partial charge in [0.2, 0.25) is 0 Å². The molecule has 0 bridgehead atoms. The van der Waals surface area contributed by atoms with Crippen molar-refractivity contribution in [3.05, 3.63) is 411 Å². The summed E-state index contributed by atoms with van der Waals surface area (Å²) in [5.41, 5.74) is 35.2. The van der Waals surface area contributed by atoms with Gasteiger partial charge in [-0.05, 0) is 197 Å². The minimum absolute atomic E-state index is 0.200. The van der Waals surface area contributed by atoms with Crippen molar-refractivity contribution < 1.29 is 0 Å². The molecule has 0 saturated heterocycles. The molecule has 115 heavy (non-hydrogen) atoms. The zero-order valence-corrected chi connectivity index (χ0v) is 63.7. The third-order valence-electron chi connectivity index (χ3n) is 23.7. The summed E-state index contributed by atoms with van der Waals surface area (Å²) in [5.74, 6) is 0. The average Bonchev–Trinajstić information content (AvgIpc) is 0.725. The maximum Gasteiger partial charge on any atom is 0.252 e. The van der Waals surface area contributed by atoms with Gasteiger partial charge in [-0.2, -0.15) is 5.26 Å². The number of nitrogens with zero attached hydrogens (tertiary/aromatic N) is 6. The van der Waals surface area contributed by atoms with E-state index in [0.717, 1.165) is 173 Å². The molecule has 19 aromatic rings. The lowest BCUT2D eigenvalue weighted by molar-refractivity contribution is 0.590. The fourth-order valence-corrected chi connectivity index (χ4v) is 18.2. The molecule has 0 amide bonds. The van der Waals surface area contributed by atoms with Gasteiger partial charge in [-0.3, -0.25) is 0 Å². The first-order chi connectivity index (χ1) is 56.6. The molecule has 0 radical (unpaired) electrons. The Balaban J connectivity index is 0.956. The molecule has 0 atom stereocenters. The Morgan fingerprint density at radius 1 is 0.296 bits per heavy atom. The molecule has 6 nitrogen and oxygen atoms in total. The van der Waals surface area contributed by atoms with Gasteiger partial charge < -0.3 is 18.9 Å². The van der Waals surface area contributed by atoms with Crippen LogP contribution in [0.15, 0.2) is 388 Å². The first-order valence-corrected chi connectivity index (χ1v) is 39.4. The fourth-order valence-electron chi connectivity index (χ4n) is 18.2. The summed E-state index contributed by atoms with van der Waals surface area (Å²) < 4.78 is 4.95. The lowest BCUT2D eigenvalue weighted by Crippen LogP contribution is -2.61. The van der Waals surface area contributed by atoms with Crippen LogP contribution in [-0.2, 0) is 5.41 Å². The van der Waals surface area contributed by atoms with Crippen LogP contribution < -0.4 is 26.2 Å². The van der Waals surface area contributed by atoms with Crippen LogP contribution in [0.2, 0.25) is 0 Å². The minimum atomic E-state index is -0.359. The molecule has 4 heterocycles. The van der Waals surface area contributed by atoms with Gasteiger partial charge >= 0.3 is 0 Å². The third-order valence-corrected chi connectivity index (χ3v) is 23.7. The van der Waals surface area contributed by atoms with Crippen molar-refractivity contribution in [3.63, 3.8) is 0 Å². The number of hydrogen-bond acceptors (Lipinski definition) is 3. The Kier molecular flexibility index (Phi) is 16.3. The van der Waals surface area contributed by atoms with E-state index in [0.29, 0.717) is 11.3 Å². The summed E-state index contributed by atoms with van der Waals surface area (Å²) in [4.78, 5) is 9.23. The van der Waals surface area contributed by atoms with E-state index in [1.54, 1.807) is 0 Å². The van der Waals surface area contributed by atoms with E-state index in [-0.39, 0.29) is 12.1 Å². The fraction of sp³-hybridized carbons (Fsp3) is 0.0370. The average molecular weight is 1470 g/mol. The summed E-state index contributed by atoms with van der Waals surface area (Å²) in [6.07, 6.45) is 0. The zero-order valence-electron chi connectivity index (χ0n) is 63.7. The lowest BCUT2D eigenvalue weighted by Gasteiger charge is -2.46.